The average molecular weight is 206 g/mol. The quantitative estimate of drug-likeness (QED) is 0.588. The van der Waals surface area contributed by atoms with Gasteiger partial charge in [0.25, 0.3) is 0 Å². The summed E-state index contributed by atoms with van der Waals surface area (Å²) in [5.41, 5.74) is 0. The summed E-state index contributed by atoms with van der Waals surface area (Å²) in [6.07, 6.45) is 3.70. The molecule has 1 rings (SSSR count). The summed E-state index contributed by atoms with van der Waals surface area (Å²) in [7, 11) is -2.80. The van der Waals surface area contributed by atoms with E-state index in [0.29, 0.717) is 12.6 Å². The molecule has 1 saturated heterocycles. The fourth-order valence-electron chi connectivity index (χ4n) is 1.46. The van der Waals surface area contributed by atoms with Gasteiger partial charge < -0.3 is 10.6 Å². The highest BCUT2D eigenvalue weighted by Crippen LogP contribution is 2.02. The largest absolute Gasteiger partial charge is 0.314 e. The van der Waals surface area contributed by atoms with Crippen LogP contribution in [0.3, 0.4) is 0 Å². The van der Waals surface area contributed by atoms with Crippen molar-refractivity contribution in [2.75, 3.05) is 31.6 Å². The van der Waals surface area contributed by atoms with Crippen LogP contribution in [0.25, 0.3) is 0 Å². The zero-order chi connectivity index (χ0) is 9.73. The molecule has 1 unspecified atom stereocenters. The molecule has 78 valence electrons. The van der Waals surface area contributed by atoms with Gasteiger partial charge in [0.15, 0.2) is 0 Å². The Morgan fingerprint density at radius 2 is 2.31 bits per heavy atom. The van der Waals surface area contributed by atoms with Crippen LogP contribution in [0.1, 0.15) is 12.8 Å². The van der Waals surface area contributed by atoms with E-state index in [4.69, 9.17) is 0 Å². The van der Waals surface area contributed by atoms with Crippen LogP contribution in [0.4, 0.5) is 0 Å². The summed E-state index contributed by atoms with van der Waals surface area (Å²) < 4.78 is 21.5. The zero-order valence-corrected chi connectivity index (χ0v) is 8.86. The highest BCUT2D eigenvalue weighted by molar-refractivity contribution is 7.90. The van der Waals surface area contributed by atoms with Gasteiger partial charge in [-0.1, -0.05) is 0 Å². The molecule has 0 aromatic heterocycles. The number of hydrogen-bond donors (Lipinski definition) is 2. The molecule has 2 N–H and O–H groups in total. The van der Waals surface area contributed by atoms with Crippen LogP contribution in [-0.4, -0.2) is 46.1 Å². The van der Waals surface area contributed by atoms with E-state index in [2.05, 4.69) is 10.6 Å². The third kappa shape index (κ3) is 5.23. The molecule has 0 bridgehead atoms. The maximum Gasteiger partial charge on any atom is 0.148 e. The topological polar surface area (TPSA) is 58.2 Å². The van der Waals surface area contributed by atoms with Crippen LogP contribution in [0, 0.1) is 0 Å². The van der Waals surface area contributed by atoms with E-state index in [1.54, 1.807) is 0 Å². The van der Waals surface area contributed by atoms with E-state index in [1.807, 2.05) is 0 Å². The Bertz CT molecular complexity index is 233. The highest BCUT2D eigenvalue weighted by Gasteiger charge is 2.12. The minimum atomic E-state index is -2.80. The second-order valence-electron chi connectivity index (χ2n) is 3.63. The van der Waals surface area contributed by atoms with Crippen LogP contribution in [-0.2, 0) is 9.84 Å². The normalized spacial score (nSPS) is 23.6. The zero-order valence-electron chi connectivity index (χ0n) is 8.04. The van der Waals surface area contributed by atoms with Gasteiger partial charge >= 0.3 is 0 Å². The van der Waals surface area contributed by atoms with Crippen LogP contribution < -0.4 is 10.6 Å². The molecule has 4 nitrogen and oxygen atoms in total. The molecule has 0 aromatic carbocycles. The van der Waals surface area contributed by atoms with Gasteiger partial charge in [0.05, 0.1) is 5.75 Å². The smallest absolute Gasteiger partial charge is 0.148 e. The van der Waals surface area contributed by atoms with Crippen LogP contribution in [0.2, 0.25) is 0 Å². The summed E-state index contributed by atoms with van der Waals surface area (Å²) in [4.78, 5) is 0. The summed E-state index contributed by atoms with van der Waals surface area (Å²) in [6, 6.07) is 0.541. The fraction of sp³-hybridized carbons (Fsp3) is 1.00. The van der Waals surface area contributed by atoms with Crippen molar-refractivity contribution in [3.05, 3.63) is 0 Å². The Morgan fingerprint density at radius 3 is 2.85 bits per heavy atom. The molecule has 1 fully saturated rings. The number of rotatable bonds is 5. The molecule has 1 atom stereocenters. The molecular weight excluding hydrogens is 188 g/mol. The van der Waals surface area contributed by atoms with Gasteiger partial charge in [0.2, 0.25) is 0 Å². The molecule has 0 amide bonds. The Hall–Kier alpha value is -0.130. The summed E-state index contributed by atoms with van der Waals surface area (Å²) >= 11 is 0. The molecule has 0 saturated carbocycles. The lowest BCUT2D eigenvalue weighted by Crippen LogP contribution is -2.35. The molecule has 0 aliphatic carbocycles. The summed E-state index contributed by atoms with van der Waals surface area (Å²) in [5.74, 6) is 0.236. The van der Waals surface area contributed by atoms with Crippen molar-refractivity contribution >= 4 is 9.84 Å². The maximum absolute atomic E-state index is 10.8. The molecular formula is C8H18N2O2S. The van der Waals surface area contributed by atoms with Crippen molar-refractivity contribution in [3.8, 4) is 0 Å². The first-order chi connectivity index (χ1) is 6.08. The second-order valence-corrected chi connectivity index (χ2v) is 5.89. The first kappa shape index (κ1) is 10.9. The van der Waals surface area contributed by atoms with Crippen LogP contribution in [0.5, 0.6) is 0 Å². The predicted molar refractivity (Wildman–Crippen MR) is 53.6 cm³/mol. The molecule has 0 radical (unpaired) electrons. The lowest BCUT2D eigenvalue weighted by molar-refractivity contribution is 0.543. The van der Waals surface area contributed by atoms with E-state index in [9.17, 15) is 8.42 Å². The van der Waals surface area contributed by atoms with Gasteiger partial charge in [0.1, 0.15) is 9.84 Å². The van der Waals surface area contributed by atoms with Crippen molar-refractivity contribution in [3.63, 3.8) is 0 Å². The van der Waals surface area contributed by atoms with Crippen LogP contribution in [0.15, 0.2) is 0 Å². The minimum Gasteiger partial charge on any atom is -0.314 e. The van der Waals surface area contributed by atoms with Gasteiger partial charge in [0, 0.05) is 25.4 Å². The van der Waals surface area contributed by atoms with Crippen molar-refractivity contribution < 1.29 is 8.42 Å². The number of hydrogen-bond acceptors (Lipinski definition) is 4. The molecule has 1 aliphatic heterocycles. The van der Waals surface area contributed by atoms with E-state index < -0.39 is 9.84 Å². The Balaban J connectivity index is 2.01. The highest BCUT2D eigenvalue weighted by atomic mass is 32.2. The van der Waals surface area contributed by atoms with Gasteiger partial charge in [-0.3, -0.25) is 0 Å². The lowest BCUT2D eigenvalue weighted by Gasteiger charge is -2.10. The molecule has 1 heterocycles. The first-order valence-electron chi connectivity index (χ1n) is 4.70. The molecule has 1 aliphatic rings. The monoisotopic (exact) mass is 206 g/mol. The van der Waals surface area contributed by atoms with Crippen molar-refractivity contribution in [1.82, 2.24) is 10.6 Å². The third-order valence-electron chi connectivity index (χ3n) is 2.20. The lowest BCUT2D eigenvalue weighted by atomic mass is 10.2. The standard InChI is InChI=1S/C8H18N2O2S/c1-13(11,12)6-5-9-7-8-3-2-4-10-8/h8-10H,2-7H2,1H3. The third-order valence-corrected chi connectivity index (χ3v) is 3.15. The van der Waals surface area contributed by atoms with E-state index in [0.717, 1.165) is 13.1 Å². The number of nitrogens with one attached hydrogen (secondary N) is 2. The van der Waals surface area contributed by atoms with E-state index in [-0.39, 0.29) is 5.75 Å². The van der Waals surface area contributed by atoms with Crippen LogP contribution >= 0.6 is 0 Å². The molecule has 0 aromatic rings. The van der Waals surface area contributed by atoms with Gasteiger partial charge in [-0.05, 0) is 19.4 Å². The predicted octanol–water partition coefficient (Wildman–Crippen LogP) is -0.627. The minimum absolute atomic E-state index is 0.236. The maximum atomic E-state index is 10.8. The Morgan fingerprint density at radius 1 is 1.54 bits per heavy atom. The van der Waals surface area contributed by atoms with Crippen molar-refractivity contribution in [2.24, 2.45) is 0 Å². The summed E-state index contributed by atoms with van der Waals surface area (Å²) in [5, 5.41) is 6.48. The van der Waals surface area contributed by atoms with E-state index >= 15 is 0 Å². The SMILES string of the molecule is CS(=O)(=O)CCNCC1CCCN1. The summed E-state index contributed by atoms with van der Waals surface area (Å²) in [6.45, 7) is 2.55. The van der Waals surface area contributed by atoms with Crippen molar-refractivity contribution in [2.45, 2.75) is 18.9 Å². The molecule has 0 spiro atoms. The Labute approximate surface area is 80.0 Å². The average Bonchev–Trinajstić information content (AvgIpc) is 2.48. The Kier molecular flexibility index (Phi) is 4.15. The molecule has 5 heteroatoms. The first-order valence-corrected chi connectivity index (χ1v) is 6.76. The fourth-order valence-corrected chi connectivity index (χ4v) is 1.98. The van der Waals surface area contributed by atoms with Crippen molar-refractivity contribution in [1.29, 1.82) is 0 Å². The van der Waals surface area contributed by atoms with Gasteiger partial charge in [-0.2, -0.15) is 0 Å². The number of sulfone groups is 1. The second kappa shape index (κ2) is 4.93. The molecule has 13 heavy (non-hydrogen) atoms. The van der Waals surface area contributed by atoms with E-state index in [1.165, 1.54) is 19.1 Å². The van der Waals surface area contributed by atoms with Gasteiger partial charge in [-0.15, -0.1) is 0 Å². The van der Waals surface area contributed by atoms with Gasteiger partial charge in [-0.25, -0.2) is 8.42 Å².